The number of benzene rings is 1. The number of hydrogen-bond donors (Lipinski definition) is 1. The first kappa shape index (κ1) is 20.0. The number of thiazole rings is 1. The molecule has 6 heteroatoms. The van der Waals surface area contributed by atoms with E-state index in [4.69, 9.17) is 5.11 Å². The van der Waals surface area contributed by atoms with Crippen molar-refractivity contribution in [3.05, 3.63) is 52.0 Å². The Kier molecular flexibility index (Phi) is 7.38. The van der Waals surface area contributed by atoms with Gasteiger partial charge in [0.05, 0.1) is 11.6 Å². The zero-order valence-corrected chi connectivity index (χ0v) is 16.8. The Morgan fingerprint density at radius 3 is 2.67 bits per heavy atom. The van der Waals surface area contributed by atoms with Crippen LogP contribution < -0.4 is 0 Å². The van der Waals surface area contributed by atoms with Gasteiger partial charge in [-0.15, -0.1) is 11.3 Å². The number of likely N-dealkylation sites (tertiary alicyclic amines) is 1. The first-order valence-corrected chi connectivity index (χ1v) is 10.6. The van der Waals surface area contributed by atoms with Gasteiger partial charge in [-0.25, -0.2) is 4.98 Å². The average molecular weight is 388 g/mol. The van der Waals surface area contributed by atoms with Crippen LogP contribution in [-0.4, -0.2) is 58.1 Å². The average Bonchev–Trinajstić information content (AvgIpc) is 3.13. The van der Waals surface area contributed by atoms with Crippen LogP contribution in [0, 0.1) is 0 Å². The third-order valence-electron chi connectivity index (χ3n) is 5.27. The summed E-state index contributed by atoms with van der Waals surface area (Å²) in [6.07, 6.45) is 6.15. The van der Waals surface area contributed by atoms with Crippen molar-refractivity contribution in [1.82, 2.24) is 14.8 Å². The molecule has 0 saturated carbocycles. The summed E-state index contributed by atoms with van der Waals surface area (Å²) in [6.45, 7) is 6.01. The highest BCUT2D eigenvalue weighted by molar-refractivity contribution is 7.11. The topological polar surface area (TPSA) is 56.7 Å². The molecular formula is C21H29N3O2S. The van der Waals surface area contributed by atoms with Crippen LogP contribution in [0.3, 0.4) is 0 Å². The normalized spacial score (nSPS) is 16.1. The molecule has 1 N–H and O–H groups in total. The zero-order valence-electron chi connectivity index (χ0n) is 16.0. The lowest BCUT2D eigenvalue weighted by molar-refractivity contribution is -0.139. The maximum Gasteiger partial charge on any atom is 0.317 e. The summed E-state index contributed by atoms with van der Waals surface area (Å²) in [6, 6.07) is 11.0. The Hall–Kier alpha value is -1.76. The highest BCUT2D eigenvalue weighted by Crippen LogP contribution is 2.21. The van der Waals surface area contributed by atoms with Gasteiger partial charge in [0.25, 0.3) is 0 Å². The van der Waals surface area contributed by atoms with Crippen LogP contribution in [0.25, 0.3) is 0 Å². The molecule has 0 aliphatic carbocycles. The van der Waals surface area contributed by atoms with E-state index in [1.165, 1.54) is 15.4 Å². The van der Waals surface area contributed by atoms with Gasteiger partial charge in [0.1, 0.15) is 0 Å². The van der Waals surface area contributed by atoms with Crippen molar-refractivity contribution in [3.8, 4) is 0 Å². The molecule has 5 nitrogen and oxygen atoms in total. The monoisotopic (exact) mass is 387 g/mol. The van der Waals surface area contributed by atoms with Gasteiger partial charge in [-0.1, -0.05) is 37.3 Å². The summed E-state index contributed by atoms with van der Waals surface area (Å²) in [5, 5.41) is 10.3. The minimum Gasteiger partial charge on any atom is -0.480 e. The molecule has 3 rings (SSSR count). The van der Waals surface area contributed by atoms with Crippen molar-refractivity contribution >= 4 is 17.3 Å². The third kappa shape index (κ3) is 6.13. The van der Waals surface area contributed by atoms with Crippen molar-refractivity contribution in [2.45, 2.75) is 45.2 Å². The molecule has 0 atom stereocenters. The van der Waals surface area contributed by atoms with E-state index < -0.39 is 5.97 Å². The molecule has 1 saturated heterocycles. The van der Waals surface area contributed by atoms with Crippen LogP contribution in [0.4, 0.5) is 0 Å². The van der Waals surface area contributed by atoms with Crippen LogP contribution in [-0.2, 0) is 24.2 Å². The highest BCUT2D eigenvalue weighted by atomic mass is 32.1. The molecule has 27 heavy (non-hydrogen) atoms. The fourth-order valence-electron chi connectivity index (χ4n) is 3.77. The summed E-state index contributed by atoms with van der Waals surface area (Å²) in [7, 11) is 0. The van der Waals surface area contributed by atoms with E-state index in [-0.39, 0.29) is 6.54 Å². The number of carboxylic acid groups (broad SMARTS) is 1. The molecule has 2 heterocycles. The van der Waals surface area contributed by atoms with Crippen molar-refractivity contribution < 1.29 is 9.90 Å². The first-order valence-electron chi connectivity index (χ1n) is 9.79. The SMILES string of the molecule is CCN(CC(=O)O)C1CCN(Cc2cnc(CCc3ccccc3)s2)CC1. The molecule has 146 valence electrons. The lowest BCUT2D eigenvalue weighted by atomic mass is 10.0. The van der Waals surface area contributed by atoms with Gasteiger partial charge < -0.3 is 5.11 Å². The fourth-order valence-corrected chi connectivity index (χ4v) is 4.73. The van der Waals surface area contributed by atoms with E-state index in [1.54, 1.807) is 0 Å². The van der Waals surface area contributed by atoms with E-state index in [2.05, 4.69) is 45.1 Å². The number of likely N-dealkylation sites (N-methyl/N-ethyl adjacent to an activating group) is 1. The van der Waals surface area contributed by atoms with Crippen molar-refractivity contribution in [3.63, 3.8) is 0 Å². The van der Waals surface area contributed by atoms with E-state index >= 15 is 0 Å². The Bertz CT molecular complexity index is 711. The molecule has 1 aromatic heterocycles. The Balaban J connectivity index is 1.44. The molecule has 1 aliphatic rings. The van der Waals surface area contributed by atoms with Crippen LogP contribution in [0.15, 0.2) is 36.5 Å². The van der Waals surface area contributed by atoms with Crippen LogP contribution >= 0.6 is 11.3 Å². The smallest absolute Gasteiger partial charge is 0.317 e. The van der Waals surface area contributed by atoms with Crippen molar-refractivity contribution in [2.24, 2.45) is 0 Å². The molecular weight excluding hydrogens is 358 g/mol. The van der Waals surface area contributed by atoms with Gasteiger partial charge in [-0.3, -0.25) is 14.6 Å². The zero-order chi connectivity index (χ0) is 19.1. The number of hydrogen-bond acceptors (Lipinski definition) is 5. The predicted octanol–water partition coefficient (Wildman–Crippen LogP) is 3.30. The number of piperidine rings is 1. The standard InChI is InChI=1S/C21H29N3O2S/c1-2-24(16-21(25)26)18-10-12-23(13-11-18)15-19-14-22-20(27-19)9-8-17-6-4-3-5-7-17/h3-7,14,18H,2,8-13,15-16H2,1H3,(H,25,26). The van der Waals surface area contributed by atoms with Gasteiger partial charge in [0.2, 0.25) is 0 Å². The summed E-state index contributed by atoms with van der Waals surface area (Å²) in [5.41, 5.74) is 1.36. The Morgan fingerprint density at radius 2 is 2.00 bits per heavy atom. The molecule has 1 aromatic carbocycles. The molecule has 0 bridgehead atoms. The predicted molar refractivity (Wildman–Crippen MR) is 109 cm³/mol. The molecule has 0 unspecified atom stereocenters. The summed E-state index contributed by atoms with van der Waals surface area (Å²) in [4.78, 5) is 21.5. The lowest BCUT2D eigenvalue weighted by Gasteiger charge is -2.37. The Morgan fingerprint density at radius 1 is 1.26 bits per heavy atom. The van der Waals surface area contributed by atoms with Crippen molar-refractivity contribution in [2.75, 3.05) is 26.2 Å². The van der Waals surface area contributed by atoms with Gasteiger partial charge in [0.15, 0.2) is 0 Å². The molecule has 1 fully saturated rings. The molecule has 0 radical (unpaired) electrons. The van der Waals surface area contributed by atoms with E-state index in [0.29, 0.717) is 6.04 Å². The molecule has 1 aliphatic heterocycles. The number of aryl methyl sites for hydroxylation is 2. The molecule has 0 spiro atoms. The lowest BCUT2D eigenvalue weighted by Crippen LogP contribution is -2.46. The number of aliphatic carboxylic acids is 1. The van der Waals surface area contributed by atoms with E-state index in [0.717, 1.165) is 51.9 Å². The van der Waals surface area contributed by atoms with Gasteiger partial charge >= 0.3 is 5.97 Å². The quantitative estimate of drug-likeness (QED) is 0.715. The molecule has 2 aromatic rings. The second kappa shape index (κ2) is 9.97. The first-order chi connectivity index (χ1) is 13.1. The highest BCUT2D eigenvalue weighted by Gasteiger charge is 2.25. The number of carbonyl (C=O) groups is 1. The maximum absolute atomic E-state index is 11.0. The minimum absolute atomic E-state index is 0.154. The van der Waals surface area contributed by atoms with Gasteiger partial charge in [-0.05, 0) is 31.4 Å². The molecule has 0 amide bonds. The van der Waals surface area contributed by atoms with Gasteiger partial charge in [0, 0.05) is 43.2 Å². The summed E-state index contributed by atoms with van der Waals surface area (Å²) >= 11 is 1.82. The maximum atomic E-state index is 11.0. The van der Waals surface area contributed by atoms with Gasteiger partial charge in [-0.2, -0.15) is 0 Å². The summed E-state index contributed by atoms with van der Waals surface area (Å²) < 4.78 is 0. The second-order valence-corrected chi connectivity index (χ2v) is 8.37. The number of nitrogens with zero attached hydrogens (tertiary/aromatic N) is 3. The van der Waals surface area contributed by atoms with E-state index in [9.17, 15) is 4.79 Å². The van der Waals surface area contributed by atoms with Crippen molar-refractivity contribution in [1.29, 1.82) is 0 Å². The third-order valence-corrected chi connectivity index (χ3v) is 6.31. The summed E-state index contributed by atoms with van der Waals surface area (Å²) in [5.74, 6) is -0.730. The fraction of sp³-hybridized carbons (Fsp3) is 0.524. The van der Waals surface area contributed by atoms with Crippen LogP contribution in [0.2, 0.25) is 0 Å². The number of aromatic nitrogens is 1. The number of rotatable bonds is 9. The van der Waals surface area contributed by atoms with Crippen LogP contribution in [0.1, 0.15) is 35.2 Å². The Labute approximate surface area is 165 Å². The van der Waals surface area contributed by atoms with Crippen LogP contribution in [0.5, 0.6) is 0 Å². The second-order valence-electron chi connectivity index (χ2n) is 7.17. The largest absolute Gasteiger partial charge is 0.480 e. The van der Waals surface area contributed by atoms with E-state index in [1.807, 2.05) is 24.5 Å². The minimum atomic E-state index is -0.730. The number of carboxylic acids is 1.